The van der Waals surface area contributed by atoms with E-state index in [-0.39, 0.29) is 0 Å². The van der Waals surface area contributed by atoms with Gasteiger partial charge in [0, 0.05) is 0 Å². The molecule has 3 heteroatoms. The van der Waals surface area contributed by atoms with Gasteiger partial charge in [-0.3, -0.25) is 0 Å². The van der Waals surface area contributed by atoms with Crippen molar-refractivity contribution in [1.29, 1.82) is 0 Å². The lowest BCUT2D eigenvalue weighted by Gasteiger charge is -2.31. The zero-order chi connectivity index (χ0) is 26.4. The highest BCUT2D eigenvalue weighted by atomic mass is 31.3. The van der Waals surface area contributed by atoms with Gasteiger partial charge in [0.15, 0.2) is 0 Å². The second-order valence-corrected chi connectivity index (χ2v) is 15.5. The quantitative estimate of drug-likeness (QED) is 0.193. The molecule has 0 spiro atoms. The van der Waals surface area contributed by atoms with Gasteiger partial charge < -0.3 is 0 Å². The lowest BCUT2D eigenvalue weighted by molar-refractivity contribution is 0.697. The summed E-state index contributed by atoms with van der Waals surface area (Å²) in [7, 11) is -5.24. The zero-order valence-electron chi connectivity index (χ0n) is 21.6. The second-order valence-electron chi connectivity index (χ2n) is 9.31. The SMILES string of the molecule is c1ccc([P+](O[P+](c2ccccc2)(c2ccccc2)c2ccccc2)(c2ccccc2)c2ccccc2)cc1. The molecule has 6 aromatic carbocycles. The third kappa shape index (κ3) is 4.75. The van der Waals surface area contributed by atoms with Crippen LogP contribution in [0.1, 0.15) is 0 Å². The van der Waals surface area contributed by atoms with E-state index in [0.29, 0.717) is 0 Å². The second kappa shape index (κ2) is 11.5. The Balaban J connectivity index is 1.76. The Hall–Kier alpha value is -3.86. The molecule has 0 aliphatic heterocycles. The number of rotatable bonds is 8. The van der Waals surface area contributed by atoms with Gasteiger partial charge in [-0.1, -0.05) is 114 Å². The molecule has 0 unspecified atom stereocenters. The summed E-state index contributed by atoms with van der Waals surface area (Å²) in [6.45, 7) is 0. The molecule has 0 aromatic heterocycles. The Kier molecular flexibility index (Phi) is 7.49. The minimum atomic E-state index is -2.62. The smallest absolute Gasteiger partial charge is 0.0710 e. The van der Waals surface area contributed by atoms with Gasteiger partial charge in [0.25, 0.3) is 15.0 Å². The molecular formula is C36H30OP2+2. The van der Waals surface area contributed by atoms with Crippen molar-refractivity contribution in [3.63, 3.8) is 0 Å². The van der Waals surface area contributed by atoms with E-state index in [1.807, 2.05) is 0 Å². The molecule has 188 valence electrons. The first kappa shape index (κ1) is 25.4. The van der Waals surface area contributed by atoms with Gasteiger partial charge in [-0.05, 0) is 72.8 Å². The fourth-order valence-electron chi connectivity index (χ4n) is 5.19. The van der Waals surface area contributed by atoms with Crippen LogP contribution in [0.5, 0.6) is 0 Å². The first-order valence-corrected chi connectivity index (χ1v) is 16.6. The molecule has 6 rings (SSSR count). The summed E-state index contributed by atoms with van der Waals surface area (Å²) < 4.78 is 8.16. The summed E-state index contributed by atoms with van der Waals surface area (Å²) >= 11 is 0. The summed E-state index contributed by atoms with van der Waals surface area (Å²) in [5.74, 6) is 0. The average molecular weight is 541 g/mol. The van der Waals surface area contributed by atoms with Crippen molar-refractivity contribution in [2.24, 2.45) is 0 Å². The molecule has 0 bridgehead atoms. The molecule has 0 N–H and O–H groups in total. The van der Waals surface area contributed by atoms with E-state index in [0.717, 1.165) is 0 Å². The van der Waals surface area contributed by atoms with Crippen LogP contribution in [0, 0.1) is 0 Å². The van der Waals surface area contributed by atoms with Crippen LogP contribution < -0.4 is 31.8 Å². The van der Waals surface area contributed by atoms with E-state index in [1.54, 1.807) is 0 Å². The predicted molar refractivity (Wildman–Crippen MR) is 171 cm³/mol. The minimum absolute atomic E-state index is 1.20. The van der Waals surface area contributed by atoms with Gasteiger partial charge in [0.05, 0.1) is 0 Å². The van der Waals surface area contributed by atoms with E-state index < -0.39 is 15.0 Å². The summed E-state index contributed by atoms with van der Waals surface area (Å²) in [5.41, 5.74) is 0. The van der Waals surface area contributed by atoms with Crippen LogP contribution >= 0.6 is 15.0 Å². The van der Waals surface area contributed by atoms with Gasteiger partial charge in [-0.25, -0.2) is 0 Å². The Morgan fingerprint density at radius 2 is 0.385 bits per heavy atom. The molecular weight excluding hydrogens is 510 g/mol. The van der Waals surface area contributed by atoms with E-state index in [1.165, 1.54) is 31.8 Å². The van der Waals surface area contributed by atoms with Crippen LogP contribution in [0.15, 0.2) is 182 Å². The van der Waals surface area contributed by atoms with Crippen molar-refractivity contribution in [3.05, 3.63) is 182 Å². The normalized spacial score (nSPS) is 11.7. The maximum atomic E-state index is 8.16. The van der Waals surface area contributed by atoms with Crippen LogP contribution in [-0.2, 0) is 4.31 Å². The molecule has 0 heterocycles. The standard InChI is InChI=1S/C36H30OP2/c1-7-19-31(20-8-1)38(32-21-9-2-10-22-32,33-23-11-3-12-24-33)37-39(34-25-13-4-14-26-34,35-27-15-5-16-28-35)36-29-17-6-18-30-36/h1-30H/q+2. The molecule has 1 nitrogen and oxygen atoms in total. The third-order valence-corrected chi connectivity index (χ3v) is 15.1. The van der Waals surface area contributed by atoms with E-state index in [4.69, 9.17) is 4.31 Å². The highest BCUT2D eigenvalue weighted by Gasteiger charge is 2.63. The fourth-order valence-corrected chi connectivity index (χ4v) is 14.3. The van der Waals surface area contributed by atoms with Gasteiger partial charge >= 0.3 is 0 Å². The van der Waals surface area contributed by atoms with Gasteiger partial charge in [-0.15, -0.1) is 0 Å². The van der Waals surface area contributed by atoms with E-state index in [9.17, 15) is 0 Å². The molecule has 0 radical (unpaired) electrons. The molecule has 0 atom stereocenters. The molecule has 0 aliphatic rings. The first-order valence-electron chi connectivity index (χ1n) is 13.2. The Morgan fingerprint density at radius 1 is 0.231 bits per heavy atom. The molecule has 0 fully saturated rings. The fraction of sp³-hybridized carbons (Fsp3) is 0. The summed E-state index contributed by atoms with van der Waals surface area (Å²) in [6.07, 6.45) is 0. The zero-order valence-corrected chi connectivity index (χ0v) is 23.4. The van der Waals surface area contributed by atoms with Gasteiger partial charge in [0.1, 0.15) is 31.8 Å². The van der Waals surface area contributed by atoms with Gasteiger partial charge in [0.2, 0.25) is 0 Å². The molecule has 0 saturated heterocycles. The lowest BCUT2D eigenvalue weighted by atomic mass is 10.4. The van der Waals surface area contributed by atoms with Crippen molar-refractivity contribution in [2.75, 3.05) is 0 Å². The molecule has 0 aliphatic carbocycles. The topological polar surface area (TPSA) is 9.23 Å². The van der Waals surface area contributed by atoms with E-state index in [2.05, 4.69) is 182 Å². The highest BCUT2D eigenvalue weighted by molar-refractivity contribution is 8.03. The van der Waals surface area contributed by atoms with E-state index >= 15 is 0 Å². The van der Waals surface area contributed by atoms with Crippen molar-refractivity contribution in [3.8, 4) is 0 Å². The van der Waals surface area contributed by atoms with Crippen LogP contribution in [0.3, 0.4) is 0 Å². The maximum absolute atomic E-state index is 8.16. The number of hydrogen-bond donors (Lipinski definition) is 0. The Morgan fingerprint density at radius 3 is 0.538 bits per heavy atom. The maximum Gasteiger partial charge on any atom is 0.292 e. The van der Waals surface area contributed by atoms with Crippen molar-refractivity contribution in [2.45, 2.75) is 0 Å². The number of benzene rings is 6. The molecule has 6 aromatic rings. The monoisotopic (exact) mass is 540 g/mol. The Bertz CT molecular complexity index is 1270. The van der Waals surface area contributed by atoms with Crippen molar-refractivity contribution >= 4 is 46.8 Å². The largest absolute Gasteiger partial charge is 0.292 e. The van der Waals surface area contributed by atoms with Gasteiger partial charge in [-0.2, -0.15) is 0 Å². The van der Waals surface area contributed by atoms with Crippen LogP contribution in [0.25, 0.3) is 0 Å². The molecule has 0 saturated carbocycles. The molecule has 0 amide bonds. The van der Waals surface area contributed by atoms with Crippen molar-refractivity contribution in [1.82, 2.24) is 0 Å². The lowest BCUT2D eigenvalue weighted by Crippen LogP contribution is -2.39. The van der Waals surface area contributed by atoms with Crippen LogP contribution in [0.2, 0.25) is 0 Å². The summed E-state index contributed by atoms with van der Waals surface area (Å²) in [4.78, 5) is 0. The first-order chi connectivity index (χ1) is 19.3. The molecule has 39 heavy (non-hydrogen) atoms. The predicted octanol–water partition coefficient (Wildman–Crippen LogP) is 6.82. The van der Waals surface area contributed by atoms with Crippen LogP contribution in [-0.4, -0.2) is 0 Å². The third-order valence-electron chi connectivity index (χ3n) is 6.96. The Labute approximate surface area is 232 Å². The average Bonchev–Trinajstić information content (AvgIpc) is 3.04. The summed E-state index contributed by atoms with van der Waals surface area (Å²) in [5, 5.41) is 7.22. The number of hydrogen-bond acceptors (Lipinski definition) is 1. The minimum Gasteiger partial charge on any atom is -0.0710 e. The highest BCUT2D eigenvalue weighted by Crippen LogP contribution is 2.72. The van der Waals surface area contributed by atoms with Crippen LogP contribution in [0.4, 0.5) is 0 Å². The summed E-state index contributed by atoms with van der Waals surface area (Å²) in [6, 6.07) is 65.0. The van der Waals surface area contributed by atoms with Crippen molar-refractivity contribution < 1.29 is 4.31 Å².